The minimum atomic E-state index is 0.411. The molecule has 1 heterocycles. The second kappa shape index (κ2) is 4.42. The van der Waals surface area contributed by atoms with Gasteiger partial charge in [-0.25, -0.2) is 0 Å². The van der Waals surface area contributed by atoms with Crippen LogP contribution in [-0.2, 0) is 13.5 Å². The van der Waals surface area contributed by atoms with Crippen LogP contribution in [0.4, 0.5) is 0 Å². The monoisotopic (exact) mass is 181 g/mol. The summed E-state index contributed by atoms with van der Waals surface area (Å²) >= 11 is 0. The average Bonchev–Trinajstić information content (AvgIpc) is 2.47. The van der Waals surface area contributed by atoms with E-state index in [4.69, 9.17) is 0 Å². The molecule has 0 aliphatic heterocycles. The van der Waals surface area contributed by atoms with Crippen LogP contribution < -0.4 is 5.32 Å². The lowest BCUT2D eigenvalue weighted by Gasteiger charge is -2.11. The van der Waals surface area contributed by atoms with Gasteiger partial charge in [-0.05, 0) is 19.9 Å². The van der Waals surface area contributed by atoms with E-state index in [1.54, 1.807) is 0 Å². The Morgan fingerprint density at radius 3 is 2.77 bits per heavy atom. The van der Waals surface area contributed by atoms with Crippen LogP contribution in [0.25, 0.3) is 0 Å². The van der Waals surface area contributed by atoms with Gasteiger partial charge in [0.15, 0.2) is 0 Å². The van der Waals surface area contributed by atoms with E-state index in [0.717, 1.165) is 13.0 Å². The van der Waals surface area contributed by atoms with E-state index in [1.807, 2.05) is 11.7 Å². The molecule has 3 nitrogen and oxygen atoms in total. The van der Waals surface area contributed by atoms with Crippen molar-refractivity contribution in [3.05, 3.63) is 17.5 Å². The van der Waals surface area contributed by atoms with Crippen LogP contribution in [0.2, 0.25) is 0 Å². The summed E-state index contributed by atoms with van der Waals surface area (Å²) in [5, 5.41) is 7.81. The highest BCUT2D eigenvalue weighted by molar-refractivity contribution is 5.20. The fourth-order valence-corrected chi connectivity index (χ4v) is 1.61. The fourth-order valence-electron chi connectivity index (χ4n) is 1.61. The molecule has 3 heteroatoms. The van der Waals surface area contributed by atoms with E-state index in [1.165, 1.54) is 11.3 Å². The van der Waals surface area contributed by atoms with Crippen molar-refractivity contribution in [2.45, 2.75) is 33.2 Å². The van der Waals surface area contributed by atoms with Gasteiger partial charge in [0.1, 0.15) is 0 Å². The number of hydrogen-bond acceptors (Lipinski definition) is 2. The number of hydrogen-bond donors (Lipinski definition) is 1. The van der Waals surface area contributed by atoms with Crippen molar-refractivity contribution in [1.82, 2.24) is 15.1 Å². The lowest BCUT2D eigenvalue weighted by Crippen LogP contribution is -2.18. The maximum atomic E-state index is 4.41. The summed E-state index contributed by atoms with van der Waals surface area (Å²) in [5.41, 5.74) is 2.53. The molecule has 0 aromatic carbocycles. The molecule has 1 aromatic heterocycles. The number of aromatic nitrogens is 2. The van der Waals surface area contributed by atoms with Gasteiger partial charge in [0.05, 0.1) is 5.69 Å². The van der Waals surface area contributed by atoms with Crippen molar-refractivity contribution in [3.8, 4) is 0 Å². The maximum absolute atomic E-state index is 4.41. The molecule has 0 saturated carbocycles. The molecule has 1 atom stereocenters. The first kappa shape index (κ1) is 10.3. The molecule has 1 unspecified atom stereocenters. The number of aryl methyl sites for hydroxylation is 2. The molecular formula is C10H19N3. The predicted molar refractivity (Wildman–Crippen MR) is 54.7 cm³/mol. The lowest BCUT2D eigenvalue weighted by atomic mass is 10.1. The lowest BCUT2D eigenvalue weighted by molar-refractivity contribution is 0.593. The second-order valence-electron chi connectivity index (χ2n) is 3.34. The summed E-state index contributed by atoms with van der Waals surface area (Å²) in [6.45, 7) is 7.45. The molecule has 0 aliphatic rings. The van der Waals surface area contributed by atoms with E-state index in [-0.39, 0.29) is 0 Å². The first-order valence-electron chi connectivity index (χ1n) is 4.94. The molecule has 1 aromatic rings. The smallest absolute Gasteiger partial charge is 0.0669 e. The average molecular weight is 181 g/mol. The molecule has 13 heavy (non-hydrogen) atoms. The van der Waals surface area contributed by atoms with E-state index in [9.17, 15) is 0 Å². The van der Waals surface area contributed by atoms with Crippen molar-refractivity contribution in [3.63, 3.8) is 0 Å². The van der Waals surface area contributed by atoms with Crippen molar-refractivity contribution in [2.75, 3.05) is 6.54 Å². The summed E-state index contributed by atoms with van der Waals surface area (Å²) in [5.74, 6) is 0. The van der Waals surface area contributed by atoms with Gasteiger partial charge < -0.3 is 5.32 Å². The Bertz CT molecular complexity index is 265. The van der Waals surface area contributed by atoms with E-state index in [2.05, 4.69) is 37.4 Å². The molecule has 0 saturated heterocycles. The van der Waals surface area contributed by atoms with Gasteiger partial charge in [-0.1, -0.05) is 13.8 Å². The number of nitrogens with one attached hydrogen (secondary N) is 1. The zero-order chi connectivity index (χ0) is 9.84. The Morgan fingerprint density at radius 1 is 1.54 bits per heavy atom. The molecular weight excluding hydrogens is 162 g/mol. The van der Waals surface area contributed by atoms with Gasteiger partial charge in [-0.3, -0.25) is 4.68 Å². The molecule has 1 N–H and O–H groups in total. The standard InChI is InChI=1S/C10H19N3/c1-5-10-9(7-13(4)12-10)8(3)11-6-2/h7-8,11H,5-6H2,1-4H3. The first-order valence-corrected chi connectivity index (χ1v) is 4.94. The normalized spacial score (nSPS) is 13.2. The van der Waals surface area contributed by atoms with Crippen LogP contribution in [0.15, 0.2) is 6.20 Å². The van der Waals surface area contributed by atoms with Gasteiger partial charge in [0, 0.05) is 24.8 Å². The summed E-state index contributed by atoms with van der Waals surface area (Å²) < 4.78 is 1.89. The minimum absolute atomic E-state index is 0.411. The number of rotatable bonds is 4. The minimum Gasteiger partial charge on any atom is -0.310 e. The maximum Gasteiger partial charge on any atom is 0.0669 e. The summed E-state index contributed by atoms with van der Waals surface area (Å²) in [4.78, 5) is 0. The highest BCUT2D eigenvalue weighted by atomic mass is 15.3. The SMILES string of the molecule is CCNC(C)c1cn(C)nc1CC. The quantitative estimate of drug-likeness (QED) is 0.765. The highest BCUT2D eigenvalue weighted by Gasteiger charge is 2.11. The predicted octanol–water partition coefficient (Wildman–Crippen LogP) is 1.65. The van der Waals surface area contributed by atoms with Gasteiger partial charge >= 0.3 is 0 Å². The molecule has 0 radical (unpaired) electrons. The topological polar surface area (TPSA) is 29.9 Å². The van der Waals surface area contributed by atoms with Gasteiger partial charge in [0.2, 0.25) is 0 Å². The summed E-state index contributed by atoms with van der Waals surface area (Å²) in [6.07, 6.45) is 3.11. The van der Waals surface area contributed by atoms with Crippen LogP contribution in [0, 0.1) is 0 Å². The zero-order valence-electron chi connectivity index (χ0n) is 8.96. The second-order valence-corrected chi connectivity index (χ2v) is 3.34. The van der Waals surface area contributed by atoms with E-state index in [0.29, 0.717) is 6.04 Å². The van der Waals surface area contributed by atoms with Crippen LogP contribution in [0.3, 0.4) is 0 Å². The Morgan fingerprint density at radius 2 is 2.23 bits per heavy atom. The summed E-state index contributed by atoms with van der Waals surface area (Å²) in [7, 11) is 1.97. The largest absolute Gasteiger partial charge is 0.310 e. The third-order valence-electron chi connectivity index (χ3n) is 2.25. The molecule has 0 spiro atoms. The van der Waals surface area contributed by atoms with Crippen molar-refractivity contribution in [2.24, 2.45) is 7.05 Å². The van der Waals surface area contributed by atoms with Gasteiger partial charge in [0.25, 0.3) is 0 Å². The molecule has 74 valence electrons. The van der Waals surface area contributed by atoms with Crippen LogP contribution in [-0.4, -0.2) is 16.3 Å². The molecule has 0 aliphatic carbocycles. The van der Waals surface area contributed by atoms with Gasteiger partial charge in [-0.15, -0.1) is 0 Å². The highest BCUT2D eigenvalue weighted by Crippen LogP contribution is 2.16. The molecule has 0 fully saturated rings. The van der Waals surface area contributed by atoms with Crippen LogP contribution in [0.1, 0.15) is 38.1 Å². The van der Waals surface area contributed by atoms with Crippen molar-refractivity contribution < 1.29 is 0 Å². The van der Waals surface area contributed by atoms with E-state index >= 15 is 0 Å². The Kier molecular flexibility index (Phi) is 3.48. The zero-order valence-corrected chi connectivity index (χ0v) is 8.96. The first-order chi connectivity index (χ1) is 6.19. The Balaban J connectivity index is 2.84. The van der Waals surface area contributed by atoms with Crippen LogP contribution in [0.5, 0.6) is 0 Å². The van der Waals surface area contributed by atoms with Crippen molar-refractivity contribution >= 4 is 0 Å². The molecule has 0 amide bonds. The molecule has 0 bridgehead atoms. The summed E-state index contributed by atoms with van der Waals surface area (Å²) in [6, 6.07) is 0.411. The molecule has 1 rings (SSSR count). The number of nitrogens with zero attached hydrogens (tertiary/aromatic N) is 2. The Hall–Kier alpha value is -0.830. The van der Waals surface area contributed by atoms with Crippen molar-refractivity contribution in [1.29, 1.82) is 0 Å². The van der Waals surface area contributed by atoms with Crippen LogP contribution >= 0.6 is 0 Å². The fraction of sp³-hybridized carbons (Fsp3) is 0.700. The third-order valence-corrected chi connectivity index (χ3v) is 2.25. The van der Waals surface area contributed by atoms with Gasteiger partial charge in [-0.2, -0.15) is 5.10 Å². The third kappa shape index (κ3) is 2.31. The van der Waals surface area contributed by atoms with E-state index < -0.39 is 0 Å². The Labute approximate surface area is 80.1 Å².